The number of carbonyl (C=O) groups excluding carboxylic acids is 2. The average molecular weight is 411 g/mol. The monoisotopic (exact) mass is 410 g/mol. The van der Waals surface area contributed by atoms with Crippen molar-refractivity contribution in [1.82, 2.24) is 4.90 Å². The molecule has 0 aromatic heterocycles. The molecular formula is C23H23FN2O2S. The van der Waals surface area contributed by atoms with E-state index in [0.717, 1.165) is 41.8 Å². The standard InChI is InChI=1S/C23H23FN2O2S/c1-15-9-10-20-18(13-15)23(26(11-12-29-23)21(27)16-6-4-7-16)22(28)25(20)14-17-5-2-3-8-19(17)24/h2-3,5,8-10,13,16H,4,6-7,11-12,14H2,1H3. The second-order valence-corrected chi connectivity index (χ2v) is 9.40. The SMILES string of the molecule is Cc1ccc2c(c1)C1(SCCN1C(=O)C1CCC1)C(=O)N2Cc1ccccc1F. The second kappa shape index (κ2) is 6.87. The molecule has 1 spiro atoms. The van der Waals surface area contributed by atoms with E-state index in [0.29, 0.717) is 12.1 Å². The van der Waals surface area contributed by atoms with Crippen LogP contribution in [0, 0.1) is 18.7 Å². The largest absolute Gasteiger partial charge is 0.315 e. The molecule has 2 aromatic carbocycles. The number of rotatable bonds is 3. The van der Waals surface area contributed by atoms with E-state index in [2.05, 4.69) is 0 Å². The molecule has 3 aliphatic rings. The first-order valence-electron chi connectivity index (χ1n) is 10.1. The lowest BCUT2D eigenvalue weighted by atomic mass is 9.84. The van der Waals surface area contributed by atoms with E-state index in [-0.39, 0.29) is 30.1 Å². The third-order valence-electron chi connectivity index (χ3n) is 6.36. The quantitative estimate of drug-likeness (QED) is 0.761. The zero-order valence-corrected chi connectivity index (χ0v) is 17.2. The summed E-state index contributed by atoms with van der Waals surface area (Å²) < 4.78 is 14.3. The molecular weight excluding hydrogens is 387 g/mol. The Hall–Kier alpha value is -2.34. The van der Waals surface area contributed by atoms with Crippen molar-refractivity contribution in [2.75, 3.05) is 17.2 Å². The van der Waals surface area contributed by atoms with Crippen LogP contribution in [0.25, 0.3) is 0 Å². The summed E-state index contributed by atoms with van der Waals surface area (Å²) in [5.74, 6) is 0.403. The number of amides is 2. The second-order valence-electron chi connectivity index (χ2n) is 8.11. The Kier molecular flexibility index (Phi) is 4.42. The van der Waals surface area contributed by atoms with Crippen molar-refractivity contribution in [1.29, 1.82) is 0 Å². The van der Waals surface area contributed by atoms with Crippen LogP contribution in [0.4, 0.5) is 10.1 Å². The first-order chi connectivity index (χ1) is 14.0. The first-order valence-corrected chi connectivity index (χ1v) is 11.1. The molecule has 29 heavy (non-hydrogen) atoms. The van der Waals surface area contributed by atoms with Crippen molar-refractivity contribution in [3.8, 4) is 0 Å². The van der Waals surface area contributed by atoms with E-state index >= 15 is 0 Å². The van der Waals surface area contributed by atoms with Crippen molar-refractivity contribution in [3.63, 3.8) is 0 Å². The fourth-order valence-electron chi connectivity index (χ4n) is 4.58. The van der Waals surface area contributed by atoms with Gasteiger partial charge < -0.3 is 9.80 Å². The number of nitrogens with zero attached hydrogens (tertiary/aromatic N) is 2. The minimum atomic E-state index is -1.01. The molecule has 1 saturated heterocycles. The van der Waals surface area contributed by atoms with E-state index < -0.39 is 4.87 Å². The van der Waals surface area contributed by atoms with Gasteiger partial charge in [-0.3, -0.25) is 9.59 Å². The molecule has 0 bridgehead atoms. The van der Waals surface area contributed by atoms with Gasteiger partial charge in [-0.1, -0.05) is 42.3 Å². The number of benzene rings is 2. The van der Waals surface area contributed by atoms with Gasteiger partial charge in [-0.15, -0.1) is 11.8 Å². The Morgan fingerprint density at radius 1 is 1.24 bits per heavy atom. The molecule has 0 N–H and O–H groups in total. The van der Waals surface area contributed by atoms with Gasteiger partial charge in [0, 0.05) is 29.3 Å². The maximum atomic E-state index is 14.3. The van der Waals surface area contributed by atoms with E-state index in [1.807, 2.05) is 30.0 Å². The highest BCUT2D eigenvalue weighted by atomic mass is 32.2. The van der Waals surface area contributed by atoms with E-state index in [9.17, 15) is 14.0 Å². The fraction of sp³-hybridized carbons (Fsp3) is 0.391. The summed E-state index contributed by atoms with van der Waals surface area (Å²) in [6.07, 6.45) is 2.89. The van der Waals surface area contributed by atoms with Crippen LogP contribution < -0.4 is 4.90 Å². The van der Waals surface area contributed by atoms with E-state index in [4.69, 9.17) is 0 Å². The molecule has 5 rings (SSSR count). The summed E-state index contributed by atoms with van der Waals surface area (Å²) in [4.78, 5) is 29.5. The third-order valence-corrected chi connectivity index (χ3v) is 7.78. The predicted octanol–water partition coefficient (Wildman–Crippen LogP) is 4.21. The van der Waals surface area contributed by atoms with Crippen LogP contribution in [0.15, 0.2) is 42.5 Å². The molecule has 2 aliphatic heterocycles. The van der Waals surface area contributed by atoms with Crippen LogP contribution in [-0.2, 0) is 21.0 Å². The van der Waals surface area contributed by atoms with Gasteiger partial charge in [-0.25, -0.2) is 4.39 Å². The minimum absolute atomic E-state index is 0.0345. The Morgan fingerprint density at radius 3 is 2.76 bits per heavy atom. The van der Waals surface area contributed by atoms with Crippen LogP contribution in [0.3, 0.4) is 0 Å². The summed E-state index contributed by atoms with van der Waals surface area (Å²) in [7, 11) is 0. The molecule has 0 radical (unpaired) electrons. The van der Waals surface area contributed by atoms with Crippen molar-refractivity contribution >= 4 is 29.3 Å². The number of hydrogen-bond donors (Lipinski definition) is 0. The minimum Gasteiger partial charge on any atom is -0.315 e. The van der Waals surface area contributed by atoms with Gasteiger partial charge >= 0.3 is 0 Å². The smallest absolute Gasteiger partial charge is 0.268 e. The Labute approximate surface area is 174 Å². The van der Waals surface area contributed by atoms with Gasteiger partial charge in [0.05, 0.1) is 12.2 Å². The molecule has 2 heterocycles. The van der Waals surface area contributed by atoms with Crippen LogP contribution >= 0.6 is 11.8 Å². The van der Waals surface area contributed by atoms with Gasteiger partial charge in [0.2, 0.25) is 5.91 Å². The summed E-state index contributed by atoms with van der Waals surface area (Å²) in [5, 5.41) is 0. The molecule has 4 nitrogen and oxygen atoms in total. The van der Waals surface area contributed by atoms with Crippen molar-refractivity contribution in [2.24, 2.45) is 5.92 Å². The van der Waals surface area contributed by atoms with Crippen molar-refractivity contribution in [2.45, 2.75) is 37.6 Å². The van der Waals surface area contributed by atoms with E-state index in [1.165, 1.54) is 17.8 Å². The first kappa shape index (κ1) is 18.7. The molecule has 1 saturated carbocycles. The van der Waals surface area contributed by atoms with Crippen LogP contribution in [0.2, 0.25) is 0 Å². The molecule has 1 atom stereocenters. The number of hydrogen-bond acceptors (Lipinski definition) is 3. The molecule has 150 valence electrons. The lowest BCUT2D eigenvalue weighted by molar-refractivity contribution is -0.145. The number of carbonyl (C=O) groups is 2. The molecule has 6 heteroatoms. The summed E-state index contributed by atoms with van der Waals surface area (Å²) in [6.45, 7) is 2.73. The third kappa shape index (κ3) is 2.72. The lowest BCUT2D eigenvalue weighted by Crippen LogP contribution is -2.52. The lowest BCUT2D eigenvalue weighted by Gasteiger charge is -2.37. The van der Waals surface area contributed by atoms with E-state index in [1.54, 1.807) is 23.1 Å². The van der Waals surface area contributed by atoms with Gasteiger partial charge in [0.1, 0.15) is 5.82 Å². The average Bonchev–Trinajstić information content (AvgIpc) is 3.19. The maximum Gasteiger partial charge on any atom is 0.268 e. The number of halogens is 1. The maximum absolute atomic E-state index is 14.3. The van der Waals surface area contributed by atoms with Crippen LogP contribution in [0.5, 0.6) is 0 Å². The number of anilines is 1. The number of thioether (sulfide) groups is 1. The Morgan fingerprint density at radius 2 is 2.03 bits per heavy atom. The highest BCUT2D eigenvalue weighted by Crippen LogP contribution is 2.55. The van der Waals surface area contributed by atoms with Gasteiger partial charge in [-0.05, 0) is 31.9 Å². The highest BCUT2D eigenvalue weighted by Gasteiger charge is 2.60. The van der Waals surface area contributed by atoms with Gasteiger partial charge in [0.25, 0.3) is 5.91 Å². The fourth-order valence-corrected chi connectivity index (χ4v) is 6.04. The molecule has 2 amide bonds. The van der Waals surface area contributed by atoms with Crippen molar-refractivity contribution in [3.05, 3.63) is 65.0 Å². The zero-order valence-electron chi connectivity index (χ0n) is 16.4. The molecule has 1 aliphatic carbocycles. The Bertz CT molecular complexity index is 1010. The van der Waals surface area contributed by atoms with Gasteiger partial charge in [0.15, 0.2) is 4.87 Å². The topological polar surface area (TPSA) is 40.6 Å². The summed E-state index contributed by atoms with van der Waals surface area (Å²) >= 11 is 1.54. The van der Waals surface area contributed by atoms with Crippen molar-refractivity contribution < 1.29 is 14.0 Å². The molecule has 2 aromatic rings. The molecule has 2 fully saturated rings. The number of aryl methyl sites for hydroxylation is 1. The van der Waals surface area contributed by atoms with Gasteiger partial charge in [-0.2, -0.15) is 0 Å². The molecule has 1 unspecified atom stereocenters. The summed E-state index contributed by atoms with van der Waals surface area (Å²) in [5.41, 5.74) is 3.18. The highest BCUT2D eigenvalue weighted by molar-refractivity contribution is 8.01. The van der Waals surface area contributed by atoms with Crippen LogP contribution in [0.1, 0.15) is 36.0 Å². The number of fused-ring (bicyclic) bond motifs is 2. The van der Waals surface area contributed by atoms with Crippen LogP contribution in [-0.4, -0.2) is 29.0 Å². The Balaban J connectivity index is 1.60. The normalized spacial score (nSPS) is 23.6. The predicted molar refractivity (Wildman–Crippen MR) is 112 cm³/mol. The summed E-state index contributed by atoms with van der Waals surface area (Å²) in [6, 6.07) is 12.5. The zero-order chi connectivity index (χ0) is 20.2.